The zero-order valence-corrected chi connectivity index (χ0v) is 10.8. The first-order valence-electron chi connectivity index (χ1n) is 6.05. The third kappa shape index (κ3) is 3.91. The second kappa shape index (κ2) is 4.94. The minimum absolute atomic E-state index is 0.128. The van der Waals surface area contributed by atoms with Crippen molar-refractivity contribution < 1.29 is 14.7 Å². The fraction of sp³-hybridized carbons (Fsp3) is 0.833. The van der Waals surface area contributed by atoms with E-state index >= 15 is 0 Å². The Balaban J connectivity index is 2.38. The second-order valence-electron chi connectivity index (χ2n) is 5.76. The van der Waals surface area contributed by atoms with Gasteiger partial charge < -0.3 is 15.7 Å². The number of urea groups is 1. The van der Waals surface area contributed by atoms with Gasteiger partial charge in [-0.15, -0.1) is 0 Å². The highest BCUT2D eigenvalue weighted by molar-refractivity contribution is 5.77. The number of amides is 2. The number of carbonyl (C=O) groups excluding carboxylic acids is 1. The van der Waals surface area contributed by atoms with Crippen LogP contribution in [-0.2, 0) is 4.79 Å². The van der Waals surface area contributed by atoms with Gasteiger partial charge in [0.25, 0.3) is 0 Å². The number of aliphatic carboxylic acids is 1. The Bertz CT molecular complexity index is 307. The van der Waals surface area contributed by atoms with Crippen molar-refractivity contribution in [2.45, 2.75) is 52.0 Å². The van der Waals surface area contributed by atoms with Crippen LogP contribution in [0, 0.1) is 5.41 Å². The number of nitrogens with one attached hydrogen (secondary N) is 2. The van der Waals surface area contributed by atoms with Gasteiger partial charge in [0.2, 0.25) is 0 Å². The van der Waals surface area contributed by atoms with Crippen molar-refractivity contribution in [3.8, 4) is 0 Å². The van der Waals surface area contributed by atoms with Gasteiger partial charge in [-0.2, -0.15) is 0 Å². The molecule has 0 saturated heterocycles. The molecule has 0 unspecified atom stereocenters. The fourth-order valence-corrected chi connectivity index (χ4v) is 1.98. The van der Waals surface area contributed by atoms with E-state index in [0.29, 0.717) is 0 Å². The summed E-state index contributed by atoms with van der Waals surface area (Å²) in [6.07, 6.45) is 4.25. The van der Waals surface area contributed by atoms with Crippen molar-refractivity contribution >= 4 is 12.0 Å². The number of carboxylic acids is 1. The van der Waals surface area contributed by atoms with E-state index in [2.05, 4.69) is 10.6 Å². The van der Waals surface area contributed by atoms with Gasteiger partial charge in [-0.1, -0.05) is 12.8 Å². The van der Waals surface area contributed by atoms with E-state index < -0.39 is 11.4 Å². The van der Waals surface area contributed by atoms with Gasteiger partial charge in [-0.25, -0.2) is 4.79 Å². The molecule has 2 amide bonds. The summed E-state index contributed by atoms with van der Waals surface area (Å²) in [4.78, 5) is 22.5. The van der Waals surface area contributed by atoms with E-state index in [4.69, 9.17) is 5.11 Å². The molecule has 0 bridgehead atoms. The van der Waals surface area contributed by atoms with E-state index in [1.165, 1.54) is 0 Å². The van der Waals surface area contributed by atoms with Crippen molar-refractivity contribution in [2.75, 3.05) is 6.54 Å². The van der Waals surface area contributed by atoms with Crippen molar-refractivity contribution in [2.24, 2.45) is 5.41 Å². The molecule has 1 rings (SSSR count). The Morgan fingerprint density at radius 3 is 2.29 bits per heavy atom. The van der Waals surface area contributed by atoms with E-state index in [9.17, 15) is 9.59 Å². The van der Waals surface area contributed by atoms with Gasteiger partial charge in [0, 0.05) is 12.1 Å². The maximum absolute atomic E-state index is 11.7. The molecule has 17 heavy (non-hydrogen) atoms. The van der Waals surface area contributed by atoms with Gasteiger partial charge in [0.1, 0.15) is 0 Å². The van der Waals surface area contributed by atoms with Crippen molar-refractivity contribution in [1.82, 2.24) is 10.6 Å². The lowest BCUT2D eigenvalue weighted by Gasteiger charge is -2.27. The molecule has 0 radical (unpaired) electrons. The zero-order valence-electron chi connectivity index (χ0n) is 10.8. The van der Waals surface area contributed by atoms with Crippen LogP contribution >= 0.6 is 0 Å². The van der Waals surface area contributed by atoms with Crippen LogP contribution < -0.4 is 10.6 Å². The van der Waals surface area contributed by atoms with Gasteiger partial charge >= 0.3 is 12.0 Å². The van der Waals surface area contributed by atoms with Gasteiger partial charge in [0.15, 0.2) is 0 Å². The fourth-order valence-electron chi connectivity index (χ4n) is 1.98. The first-order chi connectivity index (χ1) is 7.75. The summed E-state index contributed by atoms with van der Waals surface area (Å²) in [5.41, 5.74) is -1.06. The zero-order chi connectivity index (χ0) is 13.1. The van der Waals surface area contributed by atoms with Crippen molar-refractivity contribution in [3.63, 3.8) is 0 Å². The molecule has 1 fully saturated rings. The molecule has 0 aromatic rings. The summed E-state index contributed by atoms with van der Waals surface area (Å²) in [7, 11) is 0. The van der Waals surface area contributed by atoms with Crippen LogP contribution in [0.25, 0.3) is 0 Å². The van der Waals surface area contributed by atoms with Gasteiger partial charge in [-0.3, -0.25) is 4.79 Å². The van der Waals surface area contributed by atoms with Crippen molar-refractivity contribution in [3.05, 3.63) is 0 Å². The molecule has 0 spiro atoms. The van der Waals surface area contributed by atoms with Crippen LogP contribution in [0.5, 0.6) is 0 Å². The van der Waals surface area contributed by atoms with Crippen LogP contribution in [-0.4, -0.2) is 29.2 Å². The van der Waals surface area contributed by atoms with Crippen LogP contribution in [0.2, 0.25) is 0 Å². The molecule has 5 heteroatoms. The number of hydrogen-bond acceptors (Lipinski definition) is 2. The first-order valence-corrected chi connectivity index (χ1v) is 6.05. The van der Waals surface area contributed by atoms with Gasteiger partial charge in [0.05, 0.1) is 5.41 Å². The maximum Gasteiger partial charge on any atom is 0.315 e. The van der Waals surface area contributed by atoms with Crippen LogP contribution in [0.1, 0.15) is 46.5 Å². The average molecular weight is 242 g/mol. The lowest BCUT2D eigenvalue weighted by molar-refractivity contribution is -0.146. The lowest BCUT2D eigenvalue weighted by Crippen LogP contribution is -2.51. The number of hydrogen-bond donors (Lipinski definition) is 3. The summed E-state index contributed by atoms with van der Waals surface area (Å²) in [5.74, 6) is -0.912. The van der Waals surface area contributed by atoms with E-state index in [1.54, 1.807) is 13.8 Å². The molecule has 0 aliphatic heterocycles. The maximum atomic E-state index is 11.7. The third-order valence-electron chi connectivity index (χ3n) is 3.39. The molecule has 5 nitrogen and oxygen atoms in total. The normalized spacial score (nSPS) is 18.8. The Labute approximate surface area is 102 Å². The summed E-state index contributed by atoms with van der Waals surface area (Å²) >= 11 is 0. The lowest BCUT2D eigenvalue weighted by atomic mass is 9.94. The Kier molecular flexibility index (Phi) is 4.01. The summed E-state index contributed by atoms with van der Waals surface area (Å²) in [6.45, 7) is 5.34. The van der Waals surface area contributed by atoms with Crippen LogP contribution in [0.3, 0.4) is 0 Å². The average Bonchev–Trinajstić information content (AvgIpc) is 2.62. The number of carbonyl (C=O) groups is 2. The van der Waals surface area contributed by atoms with E-state index in [-0.39, 0.29) is 18.1 Å². The molecule has 3 N–H and O–H groups in total. The Hall–Kier alpha value is -1.26. The Morgan fingerprint density at radius 1 is 1.29 bits per heavy atom. The molecule has 0 aromatic heterocycles. The number of carboxylic acid groups (broad SMARTS) is 1. The standard InChI is InChI=1S/C12H22N2O3/c1-11(2,9(15)16)8-13-10(17)14-12(3)6-4-5-7-12/h4-8H2,1-3H3,(H,15,16)(H2,13,14,17). The first kappa shape index (κ1) is 13.8. The highest BCUT2D eigenvalue weighted by Crippen LogP contribution is 2.28. The molecule has 0 heterocycles. The molecule has 1 saturated carbocycles. The molecule has 1 aliphatic rings. The van der Waals surface area contributed by atoms with Gasteiger partial charge in [-0.05, 0) is 33.6 Å². The highest BCUT2D eigenvalue weighted by Gasteiger charge is 2.32. The molecule has 0 aromatic carbocycles. The summed E-state index contributed by atoms with van der Waals surface area (Å²) in [6, 6.07) is -0.274. The predicted octanol–water partition coefficient (Wildman–Crippen LogP) is 1.73. The quantitative estimate of drug-likeness (QED) is 0.702. The third-order valence-corrected chi connectivity index (χ3v) is 3.39. The Morgan fingerprint density at radius 2 is 1.82 bits per heavy atom. The van der Waals surface area contributed by atoms with Crippen LogP contribution in [0.4, 0.5) is 4.79 Å². The monoisotopic (exact) mass is 242 g/mol. The molecule has 0 atom stereocenters. The topological polar surface area (TPSA) is 78.4 Å². The van der Waals surface area contributed by atoms with E-state index in [0.717, 1.165) is 25.7 Å². The molecular weight excluding hydrogens is 220 g/mol. The minimum Gasteiger partial charge on any atom is -0.481 e. The summed E-state index contributed by atoms with van der Waals surface area (Å²) < 4.78 is 0. The van der Waals surface area contributed by atoms with Crippen molar-refractivity contribution in [1.29, 1.82) is 0 Å². The largest absolute Gasteiger partial charge is 0.481 e. The minimum atomic E-state index is -0.937. The number of rotatable bonds is 4. The summed E-state index contributed by atoms with van der Waals surface area (Å²) in [5, 5.41) is 14.5. The SMILES string of the molecule is CC1(NC(=O)NCC(C)(C)C(=O)O)CCCC1. The highest BCUT2D eigenvalue weighted by atomic mass is 16.4. The molecule has 98 valence electrons. The second-order valence-corrected chi connectivity index (χ2v) is 5.76. The van der Waals surface area contributed by atoms with E-state index in [1.807, 2.05) is 6.92 Å². The smallest absolute Gasteiger partial charge is 0.315 e. The predicted molar refractivity (Wildman–Crippen MR) is 64.8 cm³/mol. The molecule has 1 aliphatic carbocycles. The molecular formula is C12H22N2O3. The van der Waals surface area contributed by atoms with Crippen LogP contribution in [0.15, 0.2) is 0 Å².